The van der Waals surface area contributed by atoms with E-state index >= 15 is 0 Å². The van der Waals surface area contributed by atoms with Gasteiger partial charge in [0.2, 0.25) is 0 Å². The molecule has 20 heavy (non-hydrogen) atoms. The number of carbonyl (C=O) groups is 1. The second kappa shape index (κ2) is 5.81. The molecule has 2 amide bonds. The van der Waals surface area contributed by atoms with Gasteiger partial charge in [0.1, 0.15) is 11.1 Å². The SMILES string of the molecule is O=C(Nc1cccc(Cl)c1)N1CCS[C@@H]1c1ccco1. The van der Waals surface area contributed by atoms with Gasteiger partial charge in [-0.2, -0.15) is 0 Å². The van der Waals surface area contributed by atoms with Crippen molar-refractivity contribution in [3.05, 3.63) is 53.4 Å². The van der Waals surface area contributed by atoms with Gasteiger partial charge in [-0.15, -0.1) is 11.8 Å². The zero-order chi connectivity index (χ0) is 13.9. The third kappa shape index (κ3) is 2.78. The summed E-state index contributed by atoms with van der Waals surface area (Å²) in [4.78, 5) is 14.1. The smallest absolute Gasteiger partial charge is 0.323 e. The molecule has 1 aromatic carbocycles. The summed E-state index contributed by atoms with van der Waals surface area (Å²) < 4.78 is 5.40. The predicted molar refractivity (Wildman–Crippen MR) is 81.1 cm³/mol. The first-order valence-electron chi connectivity index (χ1n) is 6.22. The topological polar surface area (TPSA) is 45.5 Å². The quantitative estimate of drug-likeness (QED) is 0.903. The van der Waals surface area contributed by atoms with Crippen molar-refractivity contribution in [2.75, 3.05) is 17.6 Å². The zero-order valence-corrected chi connectivity index (χ0v) is 12.2. The maximum absolute atomic E-state index is 12.3. The third-order valence-electron chi connectivity index (χ3n) is 3.01. The molecular weight excluding hydrogens is 296 g/mol. The van der Waals surface area contributed by atoms with E-state index in [4.69, 9.17) is 16.0 Å². The highest BCUT2D eigenvalue weighted by Crippen LogP contribution is 2.38. The van der Waals surface area contributed by atoms with E-state index < -0.39 is 0 Å². The lowest BCUT2D eigenvalue weighted by molar-refractivity contribution is 0.210. The van der Waals surface area contributed by atoms with E-state index in [9.17, 15) is 4.79 Å². The zero-order valence-electron chi connectivity index (χ0n) is 10.6. The summed E-state index contributed by atoms with van der Waals surface area (Å²) >= 11 is 7.61. The number of nitrogens with one attached hydrogen (secondary N) is 1. The molecule has 0 aliphatic carbocycles. The molecule has 0 unspecified atom stereocenters. The molecule has 6 heteroatoms. The van der Waals surface area contributed by atoms with Crippen molar-refractivity contribution >= 4 is 35.1 Å². The Balaban J connectivity index is 1.73. The summed E-state index contributed by atoms with van der Waals surface area (Å²) in [5.74, 6) is 1.70. The van der Waals surface area contributed by atoms with Gasteiger partial charge in [0, 0.05) is 23.0 Å². The van der Waals surface area contributed by atoms with Gasteiger partial charge in [-0.25, -0.2) is 4.79 Å². The van der Waals surface area contributed by atoms with Crippen molar-refractivity contribution < 1.29 is 9.21 Å². The van der Waals surface area contributed by atoms with Crippen molar-refractivity contribution in [1.29, 1.82) is 0 Å². The number of benzene rings is 1. The first-order chi connectivity index (χ1) is 9.74. The molecule has 1 saturated heterocycles. The van der Waals surface area contributed by atoms with Gasteiger partial charge in [0.15, 0.2) is 0 Å². The van der Waals surface area contributed by atoms with Crippen LogP contribution >= 0.6 is 23.4 Å². The van der Waals surface area contributed by atoms with E-state index in [-0.39, 0.29) is 11.4 Å². The first-order valence-corrected chi connectivity index (χ1v) is 7.65. The van der Waals surface area contributed by atoms with E-state index in [1.807, 2.05) is 18.2 Å². The highest BCUT2D eigenvalue weighted by molar-refractivity contribution is 7.99. The number of anilines is 1. The van der Waals surface area contributed by atoms with Crippen LogP contribution in [0.3, 0.4) is 0 Å². The van der Waals surface area contributed by atoms with E-state index in [0.29, 0.717) is 17.3 Å². The van der Waals surface area contributed by atoms with Crippen LogP contribution in [0, 0.1) is 0 Å². The predicted octanol–water partition coefficient (Wildman–Crippen LogP) is 4.21. The Bertz CT molecular complexity index is 603. The van der Waals surface area contributed by atoms with Crippen LogP contribution in [0.2, 0.25) is 5.02 Å². The van der Waals surface area contributed by atoms with Crippen LogP contribution in [-0.2, 0) is 0 Å². The Morgan fingerprint density at radius 2 is 2.30 bits per heavy atom. The van der Waals surface area contributed by atoms with Gasteiger partial charge in [-0.3, -0.25) is 0 Å². The Morgan fingerprint density at radius 3 is 3.05 bits per heavy atom. The summed E-state index contributed by atoms with van der Waals surface area (Å²) in [6.45, 7) is 0.697. The average molecular weight is 309 g/mol. The molecule has 1 aliphatic heterocycles. The number of carbonyl (C=O) groups excluding carboxylic acids is 1. The number of rotatable bonds is 2. The number of hydrogen-bond donors (Lipinski definition) is 1. The van der Waals surface area contributed by atoms with Gasteiger partial charge in [0.25, 0.3) is 0 Å². The normalized spacial score (nSPS) is 18.2. The van der Waals surface area contributed by atoms with E-state index in [0.717, 1.165) is 11.5 Å². The number of nitrogens with zero attached hydrogens (tertiary/aromatic N) is 1. The minimum atomic E-state index is -0.140. The fourth-order valence-electron chi connectivity index (χ4n) is 2.11. The maximum Gasteiger partial charge on any atom is 0.323 e. The van der Waals surface area contributed by atoms with Gasteiger partial charge >= 0.3 is 6.03 Å². The van der Waals surface area contributed by atoms with Crippen LogP contribution < -0.4 is 5.32 Å². The lowest BCUT2D eigenvalue weighted by Gasteiger charge is -2.22. The fourth-order valence-corrected chi connectivity index (χ4v) is 3.50. The lowest BCUT2D eigenvalue weighted by atomic mass is 10.3. The molecule has 1 aliphatic rings. The van der Waals surface area contributed by atoms with Crippen LogP contribution in [0.15, 0.2) is 47.1 Å². The molecule has 0 bridgehead atoms. The van der Waals surface area contributed by atoms with Gasteiger partial charge in [-0.1, -0.05) is 17.7 Å². The summed E-state index contributed by atoms with van der Waals surface area (Å²) in [6.07, 6.45) is 1.63. The molecule has 1 atom stereocenters. The van der Waals surface area contributed by atoms with Gasteiger partial charge in [0.05, 0.1) is 6.26 Å². The van der Waals surface area contributed by atoms with Crippen LogP contribution in [0.1, 0.15) is 11.1 Å². The highest BCUT2D eigenvalue weighted by Gasteiger charge is 2.32. The minimum absolute atomic E-state index is 0.0656. The number of hydrogen-bond acceptors (Lipinski definition) is 3. The molecule has 0 spiro atoms. The second-order valence-electron chi connectivity index (χ2n) is 4.37. The van der Waals surface area contributed by atoms with E-state index in [2.05, 4.69) is 5.32 Å². The van der Waals surface area contributed by atoms with Gasteiger partial charge in [-0.05, 0) is 30.3 Å². The molecule has 4 nitrogen and oxygen atoms in total. The first kappa shape index (κ1) is 13.4. The molecule has 3 rings (SSSR count). The van der Waals surface area contributed by atoms with Crippen LogP contribution in [0.4, 0.5) is 10.5 Å². The second-order valence-corrected chi connectivity index (χ2v) is 6.00. The molecule has 0 saturated carbocycles. The number of urea groups is 1. The summed E-state index contributed by atoms with van der Waals surface area (Å²) in [6, 6.07) is 10.7. The molecule has 0 radical (unpaired) electrons. The fraction of sp³-hybridized carbons (Fsp3) is 0.214. The number of halogens is 1. The molecule has 2 heterocycles. The van der Waals surface area contributed by atoms with Crippen molar-refractivity contribution in [2.45, 2.75) is 5.37 Å². The number of amides is 2. The van der Waals surface area contributed by atoms with Crippen molar-refractivity contribution in [3.8, 4) is 0 Å². The maximum atomic E-state index is 12.3. The molecule has 2 aromatic rings. The number of thioether (sulfide) groups is 1. The minimum Gasteiger partial charge on any atom is -0.466 e. The van der Waals surface area contributed by atoms with Crippen LogP contribution in [-0.4, -0.2) is 23.2 Å². The summed E-state index contributed by atoms with van der Waals surface area (Å²) in [5.41, 5.74) is 0.692. The van der Waals surface area contributed by atoms with Gasteiger partial charge < -0.3 is 14.6 Å². The Hall–Kier alpha value is -1.59. The molecule has 104 valence electrons. The molecule has 1 aromatic heterocycles. The van der Waals surface area contributed by atoms with Crippen molar-refractivity contribution in [1.82, 2.24) is 4.90 Å². The molecular formula is C14H13ClN2O2S. The average Bonchev–Trinajstić information content (AvgIpc) is 3.09. The molecule has 1 N–H and O–H groups in total. The summed E-state index contributed by atoms with van der Waals surface area (Å²) in [5, 5.41) is 3.40. The van der Waals surface area contributed by atoms with Crippen molar-refractivity contribution in [2.24, 2.45) is 0 Å². The Labute approximate surface area is 126 Å². The Kier molecular flexibility index (Phi) is 3.89. The highest BCUT2D eigenvalue weighted by atomic mass is 35.5. The third-order valence-corrected chi connectivity index (χ3v) is 4.47. The van der Waals surface area contributed by atoms with Crippen LogP contribution in [0.25, 0.3) is 0 Å². The van der Waals surface area contributed by atoms with Crippen molar-refractivity contribution in [3.63, 3.8) is 0 Å². The molecule has 1 fully saturated rings. The Morgan fingerprint density at radius 1 is 1.40 bits per heavy atom. The van der Waals surface area contributed by atoms with E-state index in [1.54, 1.807) is 41.1 Å². The lowest BCUT2D eigenvalue weighted by Crippen LogP contribution is -2.34. The standard InChI is InChI=1S/C14H13ClN2O2S/c15-10-3-1-4-11(9-10)16-14(18)17-6-8-20-13(17)12-5-2-7-19-12/h1-5,7,9,13H,6,8H2,(H,16,18)/t13-/m1/s1. The largest absolute Gasteiger partial charge is 0.466 e. The number of furan rings is 1. The van der Waals surface area contributed by atoms with E-state index in [1.165, 1.54) is 0 Å². The van der Waals surface area contributed by atoms with Crippen LogP contribution in [0.5, 0.6) is 0 Å². The monoisotopic (exact) mass is 308 g/mol. The summed E-state index contributed by atoms with van der Waals surface area (Å²) in [7, 11) is 0.